The van der Waals surface area contributed by atoms with E-state index in [4.69, 9.17) is 4.74 Å². The summed E-state index contributed by atoms with van der Waals surface area (Å²) in [6.45, 7) is 4.20. The quantitative estimate of drug-likeness (QED) is 0.320. The van der Waals surface area contributed by atoms with E-state index in [2.05, 4.69) is 31.2 Å². The summed E-state index contributed by atoms with van der Waals surface area (Å²) in [6, 6.07) is 16.8. The first-order valence-corrected chi connectivity index (χ1v) is 11.6. The predicted molar refractivity (Wildman–Crippen MR) is 121 cm³/mol. The first-order chi connectivity index (χ1) is 14.2. The highest BCUT2D eigenvalue weighted by molar-refractivity contribution is 5.90. The Kier molecular flexibility index (Phi) is 8.34. The van der Waals surface area contributed by atoms with Crippen LogP contribution in [0.25, 0.3) is 11.1 Å². The second-order valence-corrected chi connectivity index (χ2v) is 8.60. The molecular formula is C27H36O2. The van der Waals surface area contributed by atoms with E-state index in [0.29, 0.717) is 5.56 Å². The number of carbonyl (C=O) groups is 1. The van der Waals surface area contributed by atoms with Crippen molar-refractivity contribution in [3.05, 3.63) is 59.7 Å². The van der Waals surface area contributed by atoms with E-state index >= 15 is 0 Å². The van der Waals surface area contributed by atoms with Gasteiger partial charge in [-0.2, -0.15) is 0 Å². The van der Waals surface area contributed by atoms with E-state index in [0.717, 1.165) is 24.3 Å². The van der Waals surface area contributed by atoms with Gasteiger partial charge in [-0.25, -0.2) is 4.79 Å². The van der Waals surface area contributed by atoms with Crippen LogP contribution in [-0.4, -0.2) is 12.1 Å². The van der Waals surface area contributed by atoms with Gasteiger partial charge in [0.15, 0.2) is 0 Å². The Morgan fingerprint density at radius 1 is 0.897 bits per heavy atom. The molecule has 0 amide bonds. The molecule has 0 aromatic heterocycles. The summed E-state index contributed by atoms with van der Waals surface area (Å²) in [5, 5.41) is 0. The zero-order chi connectivity index (χ0) is 20.5. The third-order valence-corrected chi connectivity index (χ3v) is 6.21. The Balaban J connectivity index is 1.54. The molecule has 1 atom stereocenters. The molecule has 156 valence electrons. The van der Waals surface area contributed by atoms with Gasteiger partial charge in [-0.3, -0.25) is 0 Å². The van der Waals surface area contributed by atoms with Crippen LogP contribution in [0.15, 0.2) is 48.5 Å². The molecule has 3 rings (SSSR count). The van der Waals surface area contributed by atoms with Crippen LogP contribution in [0.3, 0.4) is 0 Å². The number of carbonyl (C=O) groups excluding carboxylic acids is 1. The lowest BCUT2D eigenvalue weighted by Crippen LogP contribution is -2.15. The van der Waals surface area contributed by atoms with Gasteiger partial charge >= 0.3 is 5.97 Å². The molecule has 1 aliphatic carbocycles. The zero-order valence-corrected chi connectivity index (χ0v) is 18.2. The van der Waals surface area contributed by atoms with Gasteiger partial charge in [0.05, 0.1) is 11.7 Å². The summed E-state index contributed by atoms with van der Waals surface area (Å²) >= 11 is 0. The predicted octanol–water partition coefficient (Wildman–Crippen LogP) is 7.92. The van der Waals surface area contributed by atoms with E-state index in [-0.39, 0.29) is 12.1 Å². The van der Waals surface area contributed by atoms with Gasteiger partial charge in [0.1, 0.15) is 0 Å². The highest BCUT2D eigenvalue weighted by atomic mass is 16.5. The Hall–Kier alpha value is -2.09. The zero-order valence-electron chi connectivity index (χ0n) is 18.2. The summed E-state index contributed by atoms with van der Waals surface area (Å²) < 4.78 is 5.61. The van der Waals surface area contributed by atoms with Crippen LogP contribution in [0.2, 0.25) is 0 Å². The van der Waals surface area contributed by atoms with Crippen molar-refractivity contribution in [2.24, 2.45) is 0 Å². The second kappa shape index (κ2) is 11.2. The van der Waals surface area contributed by atoms with Crippen molar-refractivity contribution in [3.63, 3.8) is 0 Å². The minimum atomic E-state index is -0.216. The highest BCUT2D eigenvalue weighted by Crippen LogP contribution is 2.33. The van der Waals surface area contributed by atoms with Crippen molar-refractivity contribution in [2.75, 3.05) is 0 Å². The van der Waals surface area contributed by atoms with Crippen LogP contribution in [0, 0.1) is 0 Å². The summed E-state index contributed by atoms with van der Waals surface area (Å²) in [5.74, 6) is 0.520. The molecule has 0 radical (unpaired) electrons. The molecule has 2 heteroatoms. The maximum Gasteiger partial charge on any atom is 0.338 e. The van der Waals surface area contributed by atoms with Gasteiger partial charge in [-0.15, -0.1) is 0 Å². The number of rotatable bonds is 9. The molecule has 29 heavy (non-hydrogen) atoms. The smallest absolute Gasteiger partial charge is 0.338 e. The molecule has 0 heterocycles. The molecule has 0 spiro atoms. The monoisotopic (exact) mass is 392 g/mol. The lowest BCUT2D eigenvalue weighted by Gasteiger charge is -2.22. The standard InChI is InChI=1S/C27H36O2/c1-3-4-5-7-10-21(2)29-27(28)26-19-17-25(18-20-26)24-15-13-23(14-16-24)22-11-8-6-9-12-22/h13-22H,3-12H2,1-2H3/t21-/m1/s1. The summed E-state index contributed by atoms with van der Waals surface area (Å²) in [6.07, 6.45) is 12.5. The highest BCUT2D eigenvalue weighted by Gasteiger charge is 2.15. The molecule has 0 bridgehead atoms. The molecule has 1 saturated carbocycles. The lowest BCUT2D eigenvalue weighted by atomic mass is 9.84. The van der Waals surface area contributed by atoms with Crippen LogP contribution < -0.4 is 0 Å². The average molecular weight is 393 g/mol. The number of esters is 1. The van der Waals surface area contributed by atoms with E-state index in [1.165, 1.54) is 62.5 Å². The van der Waals surface area contributed by atoms with Crippen molar-refractivity contribution in [2.45, 2.75) is 90.1 Å². The van der Waals surface area contributed by atoms with Crippen molar-refractivity contribution in [1.82, 2.24) is 0 Å². The Morgan fingerprint density at radius 2 is 1.52 bits per heavy atom. The first kappa shape index (κ1) is 21.6. The van der Waals surface area contributed by atoms with E-state index in [1.54, 1.807) is 0 Å². The fourth-order valence-electron chi connectivity index (χ4n) is 4.35. The van der Waals surface area contributed by atoms with Gasteiger partial charge in [-0.05, 0) is 67.3 Å². The fourth-order valence-corrected chi connectivity index (χ4v) is 4.35. The van der Waals surface area contributed by atoms with Gasteiger partial charge < -0.3 is 4.74 Å². The molecule has 1 aliphatic rings. The van der Waals surface area contributed by atoms with E-state index in [1.807, 2.05) is 31.2 Å². The van der Waals surface area contributed by atoms with Crippen molar-refractivity contribution < 1.29 is 9.53 Å². The van der Waals surface area contributed by atoms with Gasteiger partial charge in [0.25, 0.3) is 0 Å². The average Bonchev–Trinajstić information content (AvgIpc) is 2.77. The van der Waals surface area contributed by atoms with Gasteiger partial charge in [0.2, 0.25) is 0 Å². The van der Waals surface area contributed by atoms with E-state index < -0.39 is 0 Å². The number of hydrogen-bond acceptors (Lipinski definition) is 2. The third-order valence-electron chi connectivity index (χ3n) is 6.21. The topological polar surface area (TPSA) is 26.3 Å². The van der Waals surface area contributed by atoms with Crippen molar-refractivity contribution in [3.8, 4) is 11.1 Å². The molecule has 0 unspecified atom stereocenters. The minimum Gasteiger partial charge on any atom is -0.459 e. The van der Waals surface area contributed by atoms with Gasteiger partial charge in [-0.1, -0.05) is 81.8 Å². The molecule has 0 saturated heterocycles. The number of hydrogen-bond donors (Lipinski definition) is 0. The van der Waals surface area contributed by atoms with Crippen LogP contribution in [-0.2, 0) is 4.74 Å². The number of unbranched alkanes of at least 4 members (excludes halogenated alkanes) is 3. The van der Waals surface area contributed by atoms with Crippen LogP contribution in [0.5, 0.6) is 0 Å². The largest absolute Gasteiger partial charge is 0.459 e. The third kappa shape index (κ3) is 6.45. The second-order valence-electron chi connectivity index (χ2n) is 8.60. The molecule has 1 fully saturated rings. The van der Waals surface area contributed by atoms with Crippen LogP contribution in [0.4, 0.5) is 0 Å². The Morgan fingerprint density at radius 3 is 2.14 bits per heavy atom. The van der Waals surface area contributed by atoms with Crippen molar-refractivity contribution in [1.29, 1.82) is 0 Å². The van der Waals surface area contributed by atoms with Crippen LogP contribution in [0.1, 0.15) is 99.9 Å². The van der Waals surface area contributed by atoms with Crippen LogP contribution >= 0.6 is 0 Å². The first-order valence-electron chi connectivity index (χ1n) is 11.6. The molecule has 0 aliphatic heterocycles. The maximum absolute atomic E-state index is 12.4. The molecule has 2 aromatic carbocycles. The van der Waals surface area contributed by atoms with E-state index in [9.17, 15) is 4.79 Å². The normalized spacial score (nSPS) is 15.8. The molecule has 2 aromatic rings. The SMILES string of the molecule is CCCCCC[C@@H](C)OC(=O)c1ccc(-c2ccc(C3CCCCC3)cc2)cc1. The molecule has 2 nitrogen and oxygen atoms in total. The van der Waals surface area contributed by atoms with Crippen molar-refractivity contribution >= 4 is 5.97 Å². The molecule has 0 N–H and O–H groups in total. The summed E-state index contributed by atoms with van der Waals surface area (Å²) in [7, 11) is 0. The fraction of sp³-hybridized carbons (Fsp3) is 0.519. The molecular weight excluding hydrogens is 356 g/mol. The maximum atomic E-state index is 12.4. The van der Waals surface area contributed by atoms with Gasteiger partial charge in [0, 0.05) is 0 Å². The number of ether oxygens (including phenoxy) is 1. The Labute approximate surface area is 176 Å². The Bertz CT molecular complexity index is 739. The number of benzene rings is 2. The summed E-state index contributed by atoms with van der Waals surface area (Å²) in [5.41, 5.74) is 4.45. The summed E-state index contributed by atoms with van der Waals surface area (Å²) in [4.78, 5) is 12.4. The lowest BCUT2D eigenvalue weighted by molar-refractivity contribution is 0.0319. The minimum absolute atomic E-state index is 0.0219.